The molecule has 210 valence electrons. The Morgan fingerprint density at radius 1 is 0.975 bits per heavy atom. The fraction of sp³-hybridized carbons (Fsp3) is 0.364. The maximum atomic E-state index is 13.7. The third-order valence-corrected chi connectivity index (χ3v) is 8.09. The summed E-state index contributed by atoms with van der Waals surface area (Å²) in [6.45, 7) is 4.26. The fourth-order valence-electron chi connectivity index (χ4n) is 6.06. The number of hydrogen-bond acceptors (Lipinski definition) is 2. The van der Waals surface area contributed by atoms with Crippen molar-refractivity contribution in [3.05, 3.63) is 105 Å². The quantitative estimate of drug-likeness (QED) is 0.290. The zero-order chi connectivity index (χ0) is 28.4. The van der Waals surface area contributed by atoms with Gasteiger partial charge >= 0.3 is 12.1 Å². The highest BCUT2D eigenvalue weighted by atomic mass is 19.4. The van der Waals surface area contributed by atoms with Gasteiger partial charge in [0.15, 0.2) is 0 Å². The van der Waals surface area contributed by atoms with E-state index < -0.39 is 17.7 Å². The molecule has 0 bridgehead atoms. The van der Waals surface area contributed by atoms with E-state index in [0.717, 1.165) is 65.5 Å². The van der Waals surface area contributed by atoms with Crippen molar-refractivity contribution in [3.8, 4) is 0 Å². The minimum Gasteiger partial charge on any atom is -0.478 e. The fourth-order valence-corrected chi connectivity index (χ4v) is 6.06. The summed E-state index contributed by atoms with van der Waals surface area (Å²) in [4.78, 5) is 13.9. The van der Waals surface area contributed by atoms with Crippen LogP contribution in [0.4, 0.5) is 17.6 Å². The molecule has 1 heterocycles. The molecule has 7 heteroatoms. The smallest absolute Gasteiger partial charge is 0.416 e. The molecule has 1 N–H and O–H groups in total. The second-order valence-corrected chi connectivity index (χ2v) is 11.0. The highest BCUT2D eigenvalue weighted by Gasteiger charge is 2.32. The molecule has 2 aliphatic rings. The summed E-state index contributed by atoms with van der Waals surface area (Å²) in [5, 5.41) is 9.56. The van der Waals surface area contributed by atoms with Gasteiger partial charge in [-0.2, -0.15) is 13.2 Å². The first-order valence-electron chi connectivity index (χ1n) is 13.8. The Hall–Kier alpha value is -3.45. The van der Waals surface area contributed by atoms with E-state index in [0.29, 0.717) is 37.2 Å². The van der Waals surface area contributed by atoms with Gasteiger partial charge in [-0.25, -0.2) is 4.79 Å². The summed E-state index contributed by atoms with van der Waals surface area (Å²) in [6.07, 6.45) is -1.05. The van der Waals surface area contributed by atoms with Crippen LogP contribution >= 0.6 is 0 Å². The van der Waals surface area contributed by atoms with Crippen molar-refractivity contribution in [1.29, 1.82) is 0 Å². The number of hydrogen-bond donors (Lipinski definition) is 1. The summed E-state index contributed by atoms with van der Waals surface area (Å²) in [5.41, 5.74) is 6.42. The number of benzene rings is 3. The van der Waals surface area contributed by atoms with E-state index in [4.69, 9.17) is 0 Å². The average Bonchev–Trinajstić information content (AvgIpc) is 3.09. The number of aryl methyl sites for hydroxylation is 2. The minimum atomic E-state index is -4.45. The molecule has 0 amide bonds. The molecule has 3 aromatic carbocycles. The van der Waals surface area contributed by atoms with E-state index in [9.17, 15) is 27.5 Å². The Balaban J connectivity index is 1.55. The molecule has 0 aromatic heterocycles. The maximum Gasteiger partial charge on any atom is 0.416 e. The molecule has 0 spiro atoms. The molecule has 5 rings (SSSR count). The van der Waals surface area contributed by atoms with Crippen molar-refractivity contribution >= 4 is 17.1 Å². The van der Waals surface area contributed by atoms with Crippen molar-refractivity contribution in [2.75, 3.05) is 26.3 Å². The van der Waals surface area contributed by atoms with Gasteiger partial charge < -0.3 is 10.0 Å². The molecule has 1 aliphatic carbocycles. The van der Waals surface area contributed by atoms with Crippen molar-refractivity contribution in [2.45, 2.75) is 45.2 Å². The van der Waals surface area contributed by atoms with Gasteiger partial charge in [-0.1, -0.05) is 36.4 Å². The average molecular weight is 552 g/mol. The van der Waals surface area contributed by atoms with E-state index >= 15 is 0 Å². The van der Waals surface area contributed by atoms with Gasteiger partial charge in [0, 0.05) is 19.6 Å². The van der Waals surface area contributed by atoms with Gasteiger partial charge in [0.2, 0.25) is 0 Å². The lowest BCUT2D eigenvalue weighted by molar-refractivity contribution is -0.137. The first kappa shape index (κ1) is 28.1. The molecule has 0 unspecified atom stereocenters. The Kier molecular flexibility index (Phi) is 8.13. The highest BCUT2D eigenvalue weighted by molar-refractivity contribution is 6.01. The second-order valence-electron chi connectivity index (χ2n) is 11.0. The first-order valence-corrected chi connectivity index (χ1v) is 13.8. The largest absolute Gasteiger partial charge is 0.478 e. The van der Waals surface area contributed by atoms with E-state index in [2.05, 4.69) is 17.0 Å². The lowest BCUT2D eigenvalue weighted by Gasteiger charge is -2.39. The van der Waals surface area contributed by atoms with E-state index in [1.165, 1.54) is 17.7 Å². The van der Waals surface area contributed by atoms with Crippen LogP contribution in [0.1, 0.15) is 68.6 Å². The zero-order valence-corrected chi connectivity index (χ0v) is 22.5. The van der Waals surface area contributed by atoms with Crippen LogP contribution in [-0.2, 0) is 19.0 Å². The standard InChI is InChI=1S/C33H33F4NO2/c1-21-6-12-27(33(35,36)37)18-30(21)29-5-2-4-25-17-26(32(39)40)11-13-28(25)31(29)24-9-7-22(8-10-24)16-23-19-38(20-23)15-3-14-34/h6-13,17-18,23H,2-5,14-16,19-20H2,1H3,(H,39,40). The Morgan fingerprint density at radius 2 is 1.73 bits per heavy atom. The molecular weight excluding hydrogens is 518 g/mol. The van der Waals surface area contributed by atoms with E-state index in [1.807, 2.05) is 19.1 Å². The van der Waals surface area contributed by atoms with Gasteiger partial charge in [0.05, 0.1) is 17.8 Å². The Labute approximate surface area is 232 Å². The third kappa shape index (κ3) is 5.99. The zero-order valence-electron chi connectivity index (χ0n) is 22.5. The number of carboxylic acid groups (broad SMARTS) is 1. The topological polar surface area (TPSA) is 40.5 Å². The van der Waals surface area contributed by atoms with Gasteiger partial charge in [-0.05, 0) is 114 Å². The van der Waals surface area contributed by atoms with Gasteiger partial charge in [0.25, 0.3) is 0 Å². The van der Waals surface area contributed by atoms with Crippen LogP contribution < -0.4 is 0 Å². The predicted molar refractivity (Wildman–Crippen MR) is 149 cm³/mol. The van der Waals surface area contributed by atoms with E-state index in [1.54, 1.807) is 18.2 Å². The Morgan fingerprint density at radius 3 is 2.40 bits per heavy atom. The summed E-state index contributed by atoms with van der Waals surface area (Å²) in [5.74, 6) is -0.476. The van der Waals surface area contributed by atoms with Gasteiger partial charge in [0.1, 0.15) is 0 Å². The molecule has 0 atom stereocenters. The number of rotatable bonds is 8. The molecule has 0 radical (unpaired) electrons. The van der Waals surface area contributed by atoms with Crippen molar-refractivity contribution in [1.82, 2.24) is 4.90 Å². The summed E-state index contributed by atoms with van der Waals surface area (Å²) in [7, 11) is 0. The van der Waals surface area contributed by atoms with Crippen molar-refractivity contribution < 1.29 is 27.5 Å². The van der Waals surface area contributed by atoms with Crippen LogP contribution in [0.5, 0.6) is 0 Å². The summed E-state index contributed by atoms with van der Waals surface area (Å²) in [6, 6.07) is 17.2. The number of fused-ring (bicyclic) bond motifs is 1. The first-order chi connectivity index (χ1) is 19.1. The van der Waals surface area contributed by atoms with Gasteiger partial charge in [-0.3, -0.25) is 4.39 Å². The predicted octanol–water partition coefficient (Wildman–Crippen LogP) is 7.84. The number of carbonyl (C=O) groups is 1. The number of carboxylic acids is 1. The monoisotopic (exact) mass is 551 g/mol. The molecule has 40 heavy (non-hydrogen) atoms. The van der Waals surface area contributed by atoms with E-state index in [-0.39, 0.29) is 12.2 Å². The SMILES string of the molecule is Cc1ccc(C(F)(F)F)cc1C1=C(c2ccc(CC3CN(CCCF)C3)cc2)c2ccc(C(=O)O)cc2CCC1. The lowest BCUT2D eigenvalue weighted by atomic mass is 9.84. The number of aromatic carboxylic acids is 1. The molecular formula is C33H33F4NO2. The number of allylic oxidation sites excluding steroid dienone is 1. The maximum absolute atomic E-state index is 13.7. The molecule has 3 aromatic rings. The van der Waals surface area contributed by atoms with Crippen molar-refractivity contribution in [2.24, 2.45) is 5.92 Å². The third-order valence-electron chi connectivity index (χ3n) is 8.09. The molecule has 0 saturated carbocycles. The normalized spacial score (nSPS) is 16.4. The highest BCUT2D eigenvalue weighted by Crippen LogP contribution is 2.42. The Bertz CT molecular complexity index is 1420. The van der Waals surface area contributed by atoms with Crippen LogP contribution in [0.25, 0.3) is 11.1 Å². The molecule has 1 aliphatic heterocycles. The molecule has 1 saturated heterocycles. The van der Waals surface area contributed by atoms with Crippen LogP contribution in [0.2, 0.25) is 0 Å². The minimum absolute atomic E-state index is 0.202. The van der Waals surface area contributed by atoms with Crippen LogP contribution in [0.3, 0.4) is 0 Å². The van der Waals surface area contributed by atoms with Gasteiger partial charge in [-0.15, -0.1) is 0 Å². The molecule has 3 nitrogen and oxygen atoms in total. The lowest BCUT2D eigenvalue weighted by Crippen LogP contribution is -2.47. The van der Waals surface area contributed by atoms with Crippen LogP contribution in [-0.4, -0.2) is 42.3 Å². The number of nitrogens with zero attached hydrogens (tertiary/aromatic N) is 1. The number of halogens is 4. The van der Waals surface area contributed by atoms with Crippen LogP contribution in [0.15, 0.2) is 60.7 Å². The summed E-state index contributed by atoms with van der Waals surface area (Å²) < 4.78 is 53.6. The van der Waals surface area contributed by atoms with Crippen molar-refractivity contribution in [3.63, 3.8) is 0 Å². The van der Waals surface area contributed by atoms with Crippen LogP contribution in [0, 0.1) is 12.8 Å². The number of alkyl halides is 4. The number of likely N-dealkylation sites (tertiary alicyclic amines) is 1. The second kappa shape index (κ2) is 11.6. The summed E-state index contributed by atoms with van der Waals surface area (Å²) >= 11 is 0. The molecule has 1 fully saturated rings.